The van der Waals surface area contributed by atoms with E-state index < -0.39 is 0 Å². The van der Waals surface area contributed by atoms with Crippen molar-refractivity contribution in [1.29, 1.82) is 0 Å². The fraction of sp³-hybridized carbons (Fsp3) is 0.0588. The van der Waals surface area contributed by atoms with Gasteiger partial charge in [0.05, 0.1) is 18.5 Å². The highest BCUT2D eigenvalue weighted by molar-refractivity contribution is 9.10. The van der Waals surface area contributed by atoms with E-state index in [-0.39, 0.29) is 0 Å². The maximum Gasteiger partial charge on any atom is 0.118 e. The molecule has 0 amide bonds. The predicted molar refractivity (Wildman–Crippen MR) is 88.2 cm³/mol. The Kier molecular flexibility index (Phi) is 5.91. The number of ether oxygens (including phenoxy) is 1. The van der Waals surface area contributed by atoms with Crippen molar-refractivity contribution in [2.24, 2.45) is 0 Å². The van der Waals surface area contributed by atoms with Gasteiger partial charge in [0.15, 0.2) is 0 Å². The average molecular weight is 343 g/mol. The topological polar surface area (TPSA) is 35.0 Å². The Balaban J connectivity index is 0.000000161. The first-order chi connectivity index (χ1) is 10.3. The van der Waals surface area contributed by atoms with E-state index in [1.54, 1.807) is 19.5 Å². The number of aromatic nitrogens is 2. The lowest BCUT2D eigenvalue weighted by atomic mass is 10.2. The fourth-order valence-electron chi connectivity index (χ4n) is 1.60. The van der Waals surface area contributed by atoms with E-state index in [9.17, 15) is 0 Å². The van der Waals surface area contributed by atoms with Crippen molar-refractivity contribution >= 4 is 15.9 Å². The highest BCUT2D eigenvalue weighted by Gasteiger charge is 1.95. The van der Waals surface area contributed by atoms with Crippen molar-refractivity contribution in [3.63, 3.8) is 0 Å². The Hall–Kier alpha value is -2.20. The average Bonchev–Trinajstić information content (AvgIpc) is 2.58. The summed E-state index contributed by atoms with van der Waals surface area (Å²) in [6, 6.07) is 19.3. The van der Waals surface area contributed by atoms with Crippen LogP contribution in [0.2, 0.25) is 0 Å². The molecule has 0 saturated carbocycles. The summed E-state index contributed by atoms with van der Waals surface area (Å²) < 4.78 is 6.02. The number of halogens is 1. The molecule has 0 aliphatic rings. The van der Waals surface area contributed by atoms with Crippen LogP contribution in [0.4, 0.5) is 0 Å². The molecule has 1 aromatic carbocycles. The van der Waals surface area contributed by atoms with Gasteiger partial charge < -0.3 is 4.74 Å². The van der Waals surface area contributed by atoms with E-state index in [4.69, 9.17) is 4.74 Å². The largest absolute Gasteiger partial charge is 0.497 e. The van der Waals surface area contributed by atoms with Crippen molar-refractivity contribution in [2.75, 3.05) is 7.11 Å². The molecule has 3 nitrogen and oxygen atoms in total. The number of nitrogens with zero attached hydrogens (tertiary/aromatic N) is 2. The zero-order valence-corrected chi connectivity index (χ0v) is 13.2. The molecule has 0 spiro atoms. The van der Waals surface area contributed by atoms with Gasteiger partial charge >= 0.3 is 0 Å². The number of rotatable bonds is 2. The third-order valence-electron chi connectivity index (χ3n) is 2.64. The van der Waals surface area contributed by atoms with Crippen LogP contribution in [0.25, 0.3) is 11.4 Å². The minimum atomic E-state index is 0.887. The molecule has 0 aliphatic heterocycles. The number of hydrogen-bond donors (Lipinski definition) is 0. The molecule has 0 radical (unpaired) electrons. The second-order valence-corrected chi connectivity index (χ2v) is 5.00. The smallest absolute Gasteiger partial charge is 0.118 e. The second-order valence-electron chi connectivity index (χ2n) is 4.09. The molecule has 0 unspecified atom stereocenters. The van der Waals surface area contributed by atoms with Crippen molar-refractivity contribution in [1.82, 2.24) is 9.97 Å². The number of benzene rings is 1. The first-order valence-corrected chi connectivity index (χ1v) is 7.21. The minimum absolute atomic E-state index is 0.887. The highest BCUT2D eigenvalue weighted by Crippen LogP contribution is 2.15. The molecular weight excluding hydrogens is 328 g/mol. The zero-order valence-electron chi connectivity index (χ0n) is 11.6. The number of methoxy groups -OCH3 is 1. The van der Waals surface area contributed by atoms with Crippen LogP contribution in [-0.4, -0.2) is 17.1 Å². The molecule has 0 atom stereocenters. The second kappa shape index (κ2) is 8.17. The quantitative estimate of drug-likeness (QED) is 0.682. The third kappa shape index (κ3) is 5.00. The Morgan fingerprint density at radius 2 is 1.29 bits per heavy atom. The van der Waals surface area contributed by atoms with Crippen LogP contribution < -0.4 is 4.74 Å². The molecule has 0 fully saturated rings. The van der Waals surface area contributed by atoms with Gasteiger partial charge in [-0.15, -0.1) is 0 Å². The summed E-state index contributed by atoms with van der Waals surface area (Å²) in [5.74, 6) is 0.887. The first-order valence-electron chi connectivity index (χ1n) is 6.41. The van der Waals surface area contributed by atoms with Crippen LogP contribution >= 0.6 is 15.9 Å². The summed E-state index contributed by atoms with van der Waals surface area (Å²) in [6.45, 7) is 0. The van der Waals surface area contributed by atoms with Gasteiger partial charge in [0, 0.05) is 16.9 Å². The van der Waals surface area contributed by atoms with Crippen molar-refractivity contribution in [2.45, 2.75) is 0 Å². The van der Waals surface area contributed by atoms with Crippen LogP contribution in [0.15, 0.2) is 77.5 Å². The summed E-state index contributed by atoms with van der Waals surface area (Å²) in [6.07, 6.45) is 3.54. The molecular formula is C17H15BrN2O. The van der Waals surface area contributed by atoms with Gasteiger partial charge in [0.1, 0.15) is 5.75 Å². The van der Waals surface area contributed by atoms with Crippen LogP contribution in [0.3, 0.4) is 0 Å². The maximum atomic E-state index is 4.95. The summed E-state index contributed by atoms with van der Waals surface area (Å²) in [4.78, 5) is 8.37. The van der Waals surface area contributed by atoms with Crippen LogP contribution in [0, 0.1) is 0 Å². The molecule has 2 heterocycles. The van der Waals surface area contributed by atoms with Crippen LogP contribution in [-0.2, 0) is 0 Å². The van der Waals surface area contributed by atoms with Gasteiger partial charge in [-0.3, -0.25) is 9.97 Å². The van der Waals surface area contributed by atoms with E-state index in [0.29, 0.717) is 0 Å². The summed E-state index contributed by atoms with van der Waals surface area (Å²) in [5, 5.41) is 0. The van der Waals surface area contributed by atoms with Crippen LogP contribution in [0.1, 0.15) is 0 Å². The van der Waals surface area contributed by atoms with Crippen molar-refractivity contribution in [3.8, 4) is 17.1 Å². The monoisotopic (exact) mass is 342 g/mol. The summed E-state index contributed by atoms with van der Waals surface area (Å²) >= 11 is 3.32. The van der Waals surface area contributed by atoms with E-state index in [2.05, 4.69) is 25.9 Å². The minimum Gasteiger partial charge on any atom is -0.497 e. The van der Waals surface area contributed by atoms with E-state index in [1.165, 1.54) is 0 Å². The van der Waals surface area contributed by atoms with E-state index >= 15 is 0 Å². The predicted octanol–water partition coefficient (Wildman–Crippen LogP) is 4.60. The van der Waals surface area contributed by atoms with Crippen LogP contribution in [0.5, 0.6) is 5.75 Å². The van der Waals surface area contributed by atoms with E-state index in [1.807, 2.05) is 60.7 Å². The number of hydrogen-bond acceptors (Lipinski definition) is 3. The molecule has 0 bridgehead atoms. The van der Waals surface area contributed by atoms with Crippen molar-refractivity contribution in [3.05, 3.63) is 77.5 Å². The fourth-order valence-corrected chi connectivity index (χ4v) is 1.86. The Labute approximate surface area is 132 Å². The van der Waals surface area contributed by atoms with Gasteiger partial charge in [-0.1, -0.05) is 28.1 Å². The Morgan fingerprint density at radius 1 is 0.762 bits per heavy atom. The molecule has 3 aromatic rings. The molecule has 0 saturated heterocycles. The summed E-state index contributed by atoms with van der Waals surface area (Å²) in [5.41, 5.74) is 1.83. The first kappa shape index (κ1) is 15.2. The molecule has 4 heteroatoms. The third-order valence-corrected chi connectivity index (χ3v) is 3.17. The van der Waals surface area contributed by atoms with Gasteiger partial charge in [-0.25, -0.2) is 0 Å². The lowest BCUT2D eigenvalue weighted by Crippen LogP contribution is -1.83. The molecule has 0 N–H and O–H groups in total. The Morgan fingerprint density at radius 3 is 1.67 bits per heavy atom. The van der Waals surface area contributed by atoms with Gasteiger partial charge in [-0.05, 0) is 48.5 Å². The molecule has 3 rings (SSSR count). The molecule has 106 valence electrons. The zero-order chi connectivity index (χ0) is 14.9. The highest BCUT2D eigenvalue weighted by atomic mass is 79.9. The van der Waals surface area contributed by atoms with Crippen molar-refractivity contribution < 1.29 is 4.74 Å². The summed E-state index contributed by atoms with van der Waals surface area (Å²) in [7, 11) is 1.66. The SMILES string of the molecule is COc1ccc(Br)cc1.c1ccc(-c2ccccn2)nc1. The van der Waals surface area contributed by atoms with Gasteiger partial charge in [-0.2, -0.15) is 0 Å². The van der Waals surface area contributed by atoms with Gasteiger partial charge in [0.2, 0.25) is 0 Å². The lowest BCUT2D eigenvalue weighted by molar-refractivity contribution is 0.414. The molecule has 21 heavy (non-hydrogen) atoms. The normalized spacial score (nSPS) is 9.43. The standard InChI is InChI=1S/C10H8N2.C7H7BrO/c1-3-7-11-9(5-1)10-6-2-4-8-12-10;1-9-7-4-2-6(8)3-5-7/h1-8H;2-5H,1H3. The maximum absolute atomic E-state index is 4.95. The molecule has 2 aromatic heterocycles. The Bertz CT molecular complexity index is 605. The lowest BCUT2D eigenvalue weighted by Gasteiger charge is -1.96. The molecule has 0 aliphatic carbocycles. The van der Waals surface area contributed by atoms with E-state index in [0.717, 1.165) is 21.6 Å². The number of pyridine rings is 2. The van der Waals surface area contributed by atoms with Gasteiger partial charge in [0.25, 0.3) is 0 Å².